The SMILES string of the molecule is CCCCCCCCSC(C)(C)CC(C)=O. The average molecular weight is 244 g/mol. The van der Waals surface area contributed by atoms with Gasteiger partial charge in [0.2, 0.25) is 0 Å². The minimum atomic E-state index is 0.134. The second-order valence-electron chi connectivity index (χ2n) is 5.25. The summed E-state index contributed by atoms with van der Waals surface area (Å²) in [5.74, 6) is 1.51. The van der Waals surface area contributed by atoms with Crippen LogP contribution in [0.25, 0.3) is 0 Å². The van der Waals surface area contributed by atoms with E-state index >= 15 is 0 Å². The van der Waals surface area contributed by atoms with Gasteiger partial charge in [-0.3, -0.25) is 4.79 Å². The van der Waals surface area contributed by atoms with E-state index in [0.717, 1.165) is 0 Å². The standard InChI is InChI=1S/C14H28OS/c1-5-6-7-8-9-10-11-16-14(3,4)12-13(2)15/h5-12H2,1-4H3. The maximum atomic E-state index is 11.1. The lowest BCUT2D eigenvalue weighted by atomic mass is 10.1. The zero-order valence-electron chi connectivity index (χ0n) is 11.5. The van der Waals surface area contributed by atoms with Gasteiger partial charge >= 0.3 is 0 Å². The molecule has 0 aliphatic carbocycles. The summed E-state index contributed by atoms with van der Waals surface area (Å²) in [5, 5.41) is 0. The summed E-state index contributed by atoms with van der Waals surface area (Å²) in [6, 6.07) is 0. The first-order valence-corrected chi connectivity index (χ1v) is 7.60. The van der Waals surface area contributed by atoms with Crippen LogP contribution in [0.15, 0.2) is 0 Å². The van der Waals surface area contributed by atoms with Gasteiger partial charge in [-0.15, -0.1) is 0 Å². The summed E-state index contributed by atoms with van der Waals surface area (Å²) >= 11 is 1.95. The molecule has 0 spiro atoms. The van der Waals surface area contributed by atoms with Gasteiger partial charge in [-0.05, 0) is 19.1 Å². The highest BCUT2D eigenvalue weighted by atomic mass is 32.2. The van der Waals surface area contributed by atoms with E-state index in [9.17, 15) is 4.79 Å². The second kappa shape index (κ2) is 9.09. The van der Waals surface area contributed by atoms with E-state index in [2.05, 4.69) is 20.8 Å². The summed E-state index contributed by atoms with van der Waals surface area (Å²) in [6.45, 7) is 8.29. The third-order valence-corrected chi connectivity index (χ3v) is 4.08. The second-order valence-corrected chi connectivity index (χ2v) is 7.06. The van der Waals surface area contributed by atoms with Gasteiger partial charge in [-0.1, -0.05) is 52.9 Å². The maximum Gasteiger partial charge on any atom is 0.131 e. The fraction of sp³-hybridized carbons (Fsp3) is 0.929. The van der Waals surface area contributed by atoms with E-state index in [1.807, 2.05) is 11.8 Å². The normalized spacial score (nSPS) is 11.8. The molecule has 1 nitrogen and oxygen atoms in total. The molecule has 0 rings (SSSR count). The Bertz CT molecular complexity index is 187. The predicted molar refractivity (Wildman–Crippen MR) is 75.2 cm³/mol. The molecule has 0 aromatic carbocycles. The van der Waals surface area contributed by atoms with Crippen molar-refractivity contribution in [3.05, 3.63) is 0 Å². The monoisotopic (exact) mass is 244 g/mol. The van der Waals surface area contributed by atoms with Crippen LogP contribution in [-0.2, 0) is 4.79 Å². The van der Waals surface area contributed by atoms with Gasteiger partial charge in [0.1, 0.15) is 5.78 Å². The topological polar surface area (TPSA) is 17.1 Å². The Morgan fingerprint density at radius 2 is 1.62 bits per heavy atom. The lowest BCUT2D eigenvalue weighted by molar-refractivity contribution is -0.117. The van der Waals surface area contributed by atoms with Crippen LogP contribution in [-0.4, -0.2) is 16.3 Å². The highest BCUT2D eigenvalue weighted by Gasteiger charge is 2.19. The quantitative estimate of drug-likeness (QED) is 0.512. The van der Waals surface area contributed by atoms with E-state index in [1.54, 1.807) is 6.92 Å². The Morgan fingerprint density at radius 3 is 2.19 bits per heavy atom. The molecule has 0 saturated carbocycles. The number of hydrogen-bond donors (Lipinski definition) is 0. The first kappa shape index (κ1) is 16.0. The van der Waals surface area contributed by atoms with E-state index in [4.69, 9.17) is 0 Å². The molecule has 16 heavy (non-hydrogen) atoms. The largest absolute Gasteiger partial charge is 0.300 e. The number of rotatable bonds is 10. The molecule has 0 fully saturated rings. The van der Waals surface area contributed by atoms with Gasteiger partial charge in [-0.25, -0.2) is 0 Å². The van der Waals surface area contributed by atoms with Crippen LogP contribution in [0.2, 0.25) is 0 Å². The highest BCUT2D eigenvalue weighted by Crippen LogP contribution is 2.29. The summed E-state index contributed by atoms with van der Waals surface area (Å²) in [5.41, 5.74) is 0. The molecule has 0 saturated heterocycles. The molecule has 0 atom stereocenters. The fourth-order valence-corrected chi connectivity index (χ4v) is 3.09. The molecule has 2 heteroatoms. The van der Waals surface area contributed by atoms with Crippen molar-refractivity contribution in [2.24, 2.45) is 0 Å². The van der Waals surface area contributed by atoms with Crippen molar-refractivity contribution in [3.63, 3.8) is 0 Å². The number of carbonyl (C=O) groups is 1. The maximum absolute atomic E-state index is 11.1. The Hall–Kier alpha value is 0.0200. The van der Waals surface area contributed by atoms with Gasteiger partial charge in [-0.2, -0.15) is 11.8 Å². The Kier molecular flexibility index (Phi) is 9.10. The van der Waals surface area contributed by atoms with Crippen molar-refractivity contribution in [3.8, 4) is 0 Å². The number of hydrogen-bond acceptors (Lipinski definition) is 2. The minimum Gasteiger partial charge on any atom is -0.300 e. The zero-order valence-corrected chi connectivity index (χ0v) is 12.3. The van der Waals surface area contributed by atoms with Crippen molar-refractivity contribution in [1.29, 1.82) is 0 Å². The molecular weight excluding hydrogens is 216 g/mol. The van der Waals surface area contributed by atoms with E-state index < -0.39 is 0 Å². The molecule has 96 valence electrons. The lowest BCUT2D eigenvalue weighted by Crippen LogP contribution is -2.19. The first-order chi connectivity index (χ1) is 7.48. The van der Waals surface area contributed by atoms with Crippen LogP contribution in [0.3, 0.4) is 0 Å². The van der Waals surface area contributed by atoms with Crippen LogP contribution in [0, 0.1) is 0 Å². The Balaban J connectivity index is 3.39. The molecule has 0 aromatic heterocycles. The number of carbonyl (C=O) groups excluding carboxylic acids is 1. The van der Waals surface area contributed by atoms with Gasteiger partial charge < -0.3 is 0 Å². The molecule has 0 unspecified atom stereocenters. The van der Waals surface area contributed by atoms with Gasteiger partial charge in [0.25, 0.3) is 0 Å². The van der Waals surface area contributed by atoms with Crippen molar-refractivity contribution in [2.75, 3.05) is 5.75 Å². The van der Waals surface area contributed by atoms with Crippen LogP contribution in [0.4, 0.5) is 0 Å². The third kappa shape index (κ3) is 10.5. The van der Waals surface area contributed by atoms with Gasteiger partial charge in [0, 0.05) is 11.2 Å². The van der Waals surface area contributed by atoms with E-state index in [1.165, 1.54) is 44.3 Å². The summed E-state index contributed by atoms with van der Waals surface area (Å²) in [4.78, 5) is 11.1. The zero-order chi connectivity index (χ0) is 12.4. The number of ketones is 1. The molecular formula is C14H28OS. The summed E-state index contributed by atoms with van der Waals surface area (Å²) in [6.07, 6.45) is 8.81. The lowest BCUT2D eigenvalue weighted by Gasteiger charge is -2.22. The molecule has 0 heterocycles. The number of thioether (sulfide) groups is 1. The summed E-state index contributed by atoms with van der Waals surface area (Å²) in [7, 11) is 0. The molecule has 0 aliphatic heterocycles. The smallest absolute Gasteiger partial charge is 0.131 e. The van der Waals surface area contributed by atoms with Crippen LogP contribution in [0.5, 0.6) is 0 Å². The van der Waals surface area contributed by atoms with Gasteiger partial charge in [0.15, 0.2) is 0 Å². The molecule has 0 N–H and O–H groups in total. The highest BCUT2D eigenvalue weighted by molar-refractivity contribution is 8.00. The number of unbranched alkanes of at least 4 members (excludes halogenated alkanes) is 5. The Labute approximate surface area is 106 Å². The van der Waals surface area contributed by atoms with Crippen molar-refractivity contribution < 1.29 is 4.79 Å². The van der Waals surface area contributed by atoms with Crippen molar-refractivity contribution >= 4 is 17.5 Å². The van der Waals surface area contributed by atoms with E-state index in [-0.39, 0.29) is 4.75 Å². The predicted octanol–water partition coefficient (Wildman–Crippen LogP) is 4.84. The Morgan fingerprint density at radius 1 is 1.06 bits per heavy atom. The molecule has 0 aliphatic rings. The molecule has 0 bridgehead atoms. The fourth-order valence-electron chi connectivity index (χ4n) is 1.88. The summed E-state index contributed by atoms with van der Waals surface area (Å²) < 4.78 is 0.134. The van der Waals surface area contributed by atoms with Gasteiger partial charge in [0.05, 0.1) is 0 Å². The first-order valence-electron chi connectivity index (χ1n) is 6.61. The minimum absolute atomic E-state index is 0.134. The molecule has 0 amide bonds. The third-order valence-electron chi connectivity index (χ3n) is 2.67. The van der Waals surface area contributed by atoms with Crippen molar-refractivity contribution in [2.45, 2.75) is 77.4 Å². The molecule has 0 aromatic rings. The average Bonchev–Trinajstić information content (AvgIpc) is 2.14. The molecule has 0 radical (unpaired) electrons. The van der Waals surface area contributed by atoms with Crippen molar-refractivity contribution in [1.82, 2.24) is 0 Å². The van der Waals surface area contributed by atoms with Crippen LogP contribution in [0.1, 0.15) is 72.6 Å². The van der Waals surface area contributed by atoms with Crippen LogP contribution >= 0.6 is 11.8 Å². The number of Topliss-reactive ketones (excluding diaryl/α,β-unsaturated/α-hetero) is 1. The van der Waals surface area contributed by atoms with E-state index in [0.29, 0.717) is 12.2 Å². The van der Waals surface area contributed by atoms with Crippen LogP contribution < -0.4 is 0 Å².